The molecule has 0 saturated heterocycles. The van der Waals surface area contributed by atoms with Gasteiger partial charge in [0.15, 0.2) is 0 Å². The van der Waals surface area contributed by atoms with Gasteiger partial charge in [-0.3, -0.25) is 4.98 Å². The van der Waals surface area contributed by atoms with E-state index >= 15 is 0 Å². The van der Waals surface area contributed by atoms with E-state index in [1.807, 2.05) is 18.2 Å². The molecule has 1 N–H and O–H groups in total. The summed E-state index contributed by atoms with van der Waals surface area (Å²) in [5, 5.41) is 2.21. The van der Waals surface area contributed by atoms with E-state index in [0.29, 0.717) is 11.6 Å². The first-order valence-electron chi connectivity index (χ1n) is 6.07. The van der Waals surface area contributed by atoms with Crippen molar-refractivity contribution in [1.29, 1.82) is 0 Å². The lowest BCUT2D eigenvalue weighted by Gasteiger charge is -2.07. The number of benzene rings is 1. The van der Waals surface area contributed by atoms with E-state index in [-0.39, 0.29) is 5.25 Å². The third kappa shape index (κ3) is 2.73. The van der Waals surface area contributed by atoms with Gasteiger partial charge in [0.05, 0.1) is 10.3 Å². The maximum Gasteiger partial charge on any atom is 0.214 e. The molecular weight excluding hydrogens is 284 g/mol. The number of sulfonamides is 1. The summed E-state index contributed by atoms with van der Waals surface area (Å²) < 4.78 is 26.1. The minimum Gasteiger partial charge on any atom is -0.263 e. The molecule has 1 saturated carbocycles. The molecule has 1 fully saturated rings. The molecule has 0 spiro atoms. The van der Waals surface area contributed by atoms with Crippen LogP contribution in [0.5, 0.6) is 0 Å². The van der Waals surface area contributed by atoms with Crippen LogP contribution in [-0.4, -0.2) is 18.7 Å². The van der Waals surface area contributed by atoms with Gasteiger partial charge in [0, 0.05) is 29.7 Å². The van der Waals surface area contributed by atoms with Gasteiger partial charge in [0.1, 0.15) is 0 Å². The minimum atomic E-state index is -3.14. The quantitative estimate of drug-likeness (QED) is 0.943. The van der Waals surface area contributed by atoms with E-state index in [0.717, 1.165) is 29.2 Å². The number of nitrogens with zero attached hydrogens (tertiary/aromatic N) is 1. The summed E-state index contributed by atoms with van der Waals surface area (Å²) in [5.74, 6) is 0. The molecule has 0 amide bonds. The highest BCUT2D eigenvalue weighted by Gasteiger charge is 2.35. The number of hydrogen-bond donors (Lipinski definition) is 1. The maximum atomic E-state index is 11.7. The zero-order valence-electron chi connectivity index (χ0n) is 10.1. The van der Waals surface area contributed by atoms with E-state index in [9.17, 15) is 8.42 Å². The molecule has 1 aromatic carbocycles. The first kappa shape index (κ1) is 12.8. The van der Waals surface area contributed by atoms with Crippen LogP contribution < -0.4 is 4.72 Å². The summed E-state index contributed by atoms with van der Waals surface area (Å²) in [6, 6.07) is 5.68. The van der Waals surface area contributed by atoms with Gasteiger partial charge in [0.25, 0.3) is 0 Å². The van der Waals surface area contributed by atoms with Crippen molar-refractivity contribution in [2.45, 2.75) is 24.6 Å². The lowest BCUT2D eigenvalue weighted by atomic mass is 10.1. The van der Waals surface area contributed by atoms with Gasteiger partial charge in [-0.1, -0.05) is 23.7 Å². The third-order valence-electron chi connectivity index (χ3n) is 3.22. The topological polar surface area (TPSA) is 59.1 Å². The Morgan fingerprint density at radius 2 is 2.11 bits per heavy atom. The first-order chi connectivity index (χ1) is 9.06. The van der Waals surface area contributed by atoms with Crippen LogP contribution in [-0.2, 0) is 16.6 Å². The molecule has 1 heterocycles. The Labute approximate surface area is 116 Å². The van der Waals surface area contributed by atoms with Crippen molar-refractivity contribution in [1.82, 2.24) is 9.71 Å². The van der Waals surface area contributed by atoms with Crippen LogP contribution in [0.15, 0.2) is 30.6 Å². The standard InChI is InChI=1S/C13H13ClN2O2S/c14-13-8-15-7-10-2-1-9(5-12(10)13)6-16-19(17,18)11-3-4-11/h1-2,5,7-8,11,16H,3-4,6H2. The molecule has 0 unspecified atom stereocenters. The monoisotopic (exact) mass is 296 g/mol. The van der Waals surface area contributed by atoms with Crippen molar-refractivity contribution in [2.75, 3.05) is 0 Å². The number of nitrogens with one attached hydrogen (secondary N) is 1. The van der Waals surface area contributed by atoms with Gasteiger partial charge >= 0.3 is 0 Å². The molecule has 0 atom stereocenters. The van der Waals surface area contributed by atoms with Gasteiger partial charge in [-0.05, 0) is 24.5 Å². The van der Waals surface area contributed by atoms with Gasteiger partial charge in [-0.2, -0.15) is 0 Å². The maximum absolute atomic E-state index is 11.7. The molecule has 1 aliphatic rings. The van der Waals surface area contributed by atoms with Crippen LogP contribution in [0.1, 0.15) is 18.4 Å². The Kier molecular flexibility index (Phi) is 3.20. The molecule has 19 heavy (non-hydrogen) atoms. The second-order valence-electron chi connectivity index (χ2n) is 4.74. The average molecular weight is 297 g/mol. The van der Waals surface area contributed by atoms with Crippen LogP contribution in [0.4, 0.5) is 0 Å². The summed E-state index contributed by atoms with van der Waals surface area (Å²) >= 11 is 6.08. The Hall–Kier alpha value is -1.17. The Balaban J connectivity index is 1.83. The van der Waals surface area contributed by atoms with Crippen LogP contribution in [0, 0.1) is 0 Å². The molecule has 4 nitrogen and oxygen atoms in total. The molecule has 2 aromatic rings. The summed E-state index contributed by atoms with van der Waals surface area (Å²) in [4.78, 5) is 4.02. The van der Waals surface area contributed by atoms with Gasteiger partial charge in [-0.25, -0.2) is 13.1 Å². The molecule has 0 radical (unpaired) electrons. The minimum absolute atomic E-state index is 0.194. The summed E-state index contributed by atoms with van der Waals surface area (Å²) in [5.41, 5.74) is 0.893. The van der Waals surface area contributed by atoms with E-state index in [2.05, 4.69) is 9.71 Å². The highest BCUT2D eigenvalue weighted by Crippen LogP contribution is 2.28. The van der Waals surface area contributed by atoms with Crippen LogP contribution in [0.2, 0.25) is 5.02 Å². The lowest BCUT2D eigenvalue weighted by molar-refractivity contribution is 0.580. The van der Waals surface area contributed by atoms with E-state index in [4.69, 9.17) is 11.6 Å². The predicted octanol–water partition coefficient (Wildman–Crippen LogP) is 2.47. The van der Waals surface area contributed by atoms with Crippen molar-refractivity contribution >= 4 is 32.4 Å². The molecular formula is C13H13ClN2O2S. The summed E-state index contributed by atoms with van der Waals surface area (Å²) in [6.07, 6.45) is 4.86. The fraction of sp³-hybridized carbons (Fsp3) is 0.308. The van der Waals surface area contributed by atoms with Crippen molar-refractivity contribution in [2.24, 2.45) is 0 Å². The number of aromatic nitrogens is 1. The SMILES string of the molecule is O=S(=O)(NCc1ccc2cncc(Cl)c2c1)C1CC1. The highest BCUT2D eigenvalue weighted by molar-refractivity contribution is 7.90. The van der Waals surface area contributed by atoms with Gasteiger partial charge in [-0.15, -0.1) is 0 Å². The van der Waals surface area contributed by atoms with Gasteiger partial charge in [0.2, 0.25) is 10.0 Å². The van der Waals surface area contributed by atoms with Crippen LogP contribution in [0.3, 0.4) is 0 Å². The highest BCUT2D eigenvalue weighted by atomic mass is 35.5. The Morgan fingerprint density at radius 3 is 2.84 bits per heavy atom. The Morgan fingerprint density at radius 1 is 1.32 bits per heavy atom. The van der Waals surface area contributed by atoms with Crippen molar-refractivity contribution in [3.05, 3.63) is 41.2 Å². The third-order valence-corrected chi connectivity index (χ3v) is 5.41. The summed E-state index contributed by atoms with van der Waals surface area (Å²) in [6.45, 7) is 0.299. The molecule has 1 aromatic heterocycles. The predicted molar refractivity (Wildman–Crippen MR) is 75.5 cm³/mol. The molecule has 3 rings (SSSR count). The normalized spacial score (nSPS) is 15.8. The molecule has 0 aliphatic heterocycles. The number of fused-ring (bicyclic) bond motifs is 1. The van der Waals surface area contributed by atoms with E-state index < -0.39 is 10.0 Å². The second-order valence-corrected chi connectivity index (χ2v) is 7.19. The zero-order chi connectivity index (χ0) is 13.5. The number of pyridine rings is 1. The smallest absolute Gasteiger partial charge is 0.214 e. The average Bonchev–Trinajstić information content (AvgIpc) is 3.22. The Bertz CT molecular complexity index is 727. The van der Waals surface area contributed by atoms with Crippen molar-refractivity contribution < 1.29 is 8.42 Å². The van der Waals surface area contributed by atoms with Gasteiger partial charge < -0.3 is 0 Å². The molecule has 1 aliphatic carbocycles. The second kappa shape index (κ2) is 4.74. The van der Waals surface area contributed by atoms with Crippen molar-refractivity contribution in [3.63, 3.8) is 0 Å². The largest absolute Gasteiger partial charge is 0.263 e. The molecule has 0 bridgehead atoms. The first-order valence-corrected chi connectivity index (χ1v) is 7.99. The number of hydrogen-bond acceptors (Lipinski definition) is 3. The number of halogens is 1. The fourth-order valence-corrected chi connectivity index (χ4v) is 3.55. The van der Waals surface area contributed by atoms with E-state index in [1.54, 1.807) is 12.4 Å². The van der Waals surface area contributed by atoms with Crippen LogP contribution >= 0.6 is 11.6 Å². The van der Waals surface area contributed by atoms with E-state index in [1.165, 1.54) is 0 Å². The van der Waals surface area contributed by atoms with Crippen molar-refractivity contribution in [3.8, 4) is 0 Å². The van der Waals surface area contributed by atoms with Crippen LogP contribution in [0.25, 0.3) is 10.8 Å². The molecule has 6 heteroatoms. The fourth-order valence-electron chi connectivity index (χ4n) is 1.97. The lowest BCUT2D eigenvalue weighted by Crippen LogP contribution is -2.26. The summed E-state index contributed by atoms with van der Waals surface area (Å²) in [7, 11) is -3.14. The number of rotatable bonds is 4. The molecule has 100 valence electrons. The zero-order valence-corrected chi connectivity index (χ0v) is 11.7.